The summed E-state index contributed by atoms with van der Waals surface area (Å²) in [6.45, 7) is 7.36. The highest BCUT2D eigenvalue weighted by Crippen LogP contribution is 2.27. The molecule has 0 aromatic heterocycles. The summed E-state index contributed by atoms with van der Waals surface area (Å²) in [6.07, 6.45) is 2.99. The summed E-state index contributed by atoms with van der Waals surface area (Å²) in [4.78, 5) is 49.4. The fourth-order valence-corrected chi connectivity index (χ4v) is 2.72. The lowest BCUT2D eigenvalue weighted by molar-refractivity contribution is -0.394. The normalized spacial score (nSPS) is 14.1. The topological polar surface area (TPSA) is 133 Å². The molecular weight excluding hydrogens is 366 g/mol. The number of ketones is 1. The maximum atomic E-state index is 12.5. The number of benzene rings is 1. The van der Waals surface area contributed by atoms with Gasteiger partial charge < -0.3 is 0 Å². The van der Waals surface area contributed by atoms with Crippen LogP contribution in [0.5, 0.6) is 0 Å². The van der Waals surface area contributed by atoms with Crippen LogP contribution < -0.4 is 0 Å². The number of nitro groups is 2. The van der Waals surface area contributed by atoms with Crippen molar-refractivity contribution in [2.75, 3.05) is 0 Å². The van der Waals surface area contributed by atoms with Crippen molar-refractivity contribution in [2.45, 2.75) is 27.7 Å². The Morgan fingerprint density at radius 1 is 0.964 bits per heavy atom. The molecule has 28 heavy (non-hydrogen) atoms. The Labute approximate surface area is 160 Å². The maximum absolute atomic E-state index is 12.5. The molecular formula is C19H19N3O6. The molecule has 0 spiro atoms. The van der Waals surface area contributed by atoms with Crippen LogP contribution in [0.25, 0.3) is 0 Å². The van der Waals surface area contributed by atoms with E-state index in [-0.39, 0.29) is 28.9 Å². The minimum atomic E-state index is -0.912. The van der Waals surface area contributed by atoms with Gasteiger partial charge in [-0.3, -0.25) is 29.8 Å². The number of aliphatic imine (C=N–C) groups is 1. The van der Waals surface area contributed by atoms with Crippen LogP contribution in [-0.2, 0) is 4.79 Å². The quantitative estimate of drug-likeness (QED) is 0.430. The Balaban J connectivity index is 2.55. The molecule has 146 valence electrons. The number of nitro benzene ring substituents is 2. The van der Waals surface area contributed by atoms with Crippen LogP contribution in [0.1, 0.15) is 38.1 Å². The monoisotopic (exact) mass is 385 g/mol. The van der Waals surface area contributed by atoms with Gasteiger partial charge in [-0.2, -0.15) is 0 Å². The van der Waals surface area contributed by atoms with E-state index in [1.165, 1.54) is 12.2 Å². The summed E-state index contributed by atoms with van der Waals surface area (Å²) in [7, 11) is 0. The van der Waals surface area contributed by atoms with Crippen LogP contribution in [0.2, 0.25) is 0 Å². The molecule has 2 rings (SSSR count). The van der Waals surface area contributed by atoms with Crippen LogP contribution >= 0.6 is 0 Å². The summed E-state index contributed by atoms with van der Waals surface area (Å²) in [5.74, 6) is -1.21. The van der Waals surface area contributed by atoms with Gasteiger partial charge in [0.25, 0.3) is 17.3 Å². The third-order valence-electron chi connectivity index (χ3n) is 4.23. The second-order valence-electron chi connectivity index (χ2n) is 6.90. The van der Waals surface area contributed by atoms with Crippen molar-refractivity contribution >= 4 is 28.8 Å². The third kappa shape index (κ3) is 4.25. The molecule has 1 amide bonds. The molecule has 0 unspecified atom stereocenters. The molecule has 1 aliphatic carbocycles. The van der Waals surface area contributed by atoms with Crippen molar-refractivity contribution < 1.29 is 19.4 Å². The predicted molar refractivity (Wildman–Crippen MR) is 102 cm³/mol. The maximum Gasteiger partial charge on any atom is 0.289 e. The zero-order valence-corrected chi connectivity index (χ0v) is 15.8. The number of hydrogen-bond acceptors (Lipinski definition) is 6. The first-order valence-electron chi connectivity index (χ1n) is 8.56. The first-order chi connectivity index (χ1) is 13.0. The van der Waals surface area contributed by atoms with Crippen molar-refractivity contribution in [1.82, 2.24) is 0 Å². The van der Waals surface area contributed by atoms with E-state index in [0.717, 1.165) is 18.2 Å². The van der Waals surface area contributed by atoms with Crippen molar-refractivity contribution in [2.24, 2.45) is 16.8 Å². The van der Waals surface area contributed by atoms with E-state index in [0.29, 0.717) is 11.1 Å². The minimum absolute atomic E-state index is 0.0936. The second-order valence-corrected chi connectivity index (χ2v) is 6.90. The molecule has 0 atom stereocenters. The highest BCUT2D eigenvalue weighted by molar-refractivity contribution is 6.24. The van der Waals surface area contributed by atoms with Gasteiger partial charge in [-0.1, -0.05) is 27.7 Å². The fourth-order valence-electron chi connectivity index (χ4n) is 2.72. The zero-order valence-electron chi connectivity index (χ0n) is 15.8. The van der Waals surface area contributed by atoms with Gasteiger partial charge in [-0.15, -0.1) is 0 Å². The molecule has 0 saturated heterocycles. The number of hydrogen-bond donors (Lipinski definition) is 0. The molecule has 0 radical (unpaired) electrons. The van der Waals surface area contributed by atoms with E-state index in [1.807, 2.05) is 27.7 Å². The van der Waals surface area contributed by atoms with E-state index in [2.05, 4.69) is 4.99 Å². The second kappa shape index (κ2) is 8.03. The first-order valence-corrected chi connectivity index (χ1v) is 8.56. The molecule has 1 aromatic rings. The van der Waals surface area contributed by atoms with E-state index in [1.54, 1.807) is 0 Å². The standard InChI is InChI=1S/C19H19N3O6/c1-10(2)15-7-12(8-16(11(3)4)18(15)23)20-19(24)14-6-5-13(21(25)26)9-17(14)22(27)28/h5-11H,1-4H3. The minimum Gasteiger partial charge on any atom is -0.289 e. The number of non-ortho nitro benzene ring substituents is 1. The van der Waals surface area contributed by atoms with Crippen molar-refractivity contribution in [3.8, 4) is 0 Å². The third-order valence-corrected chi connectivity index (χ3v) is 4.23. The van der Waals surface area contributed by atoms with Crippen molar-refractivity contribution in [1.29, 1.82) is 0 Å². The molecule has 0 fully saturated rings. The van der Waals surface area contributed by atoms with Crippen molar-refractivity contribution in [3.63, 3.8) is 0 Å². The molecule has 0 saturated carbocycles. The SMILES string of the molecule is CC(C)C1=CC(=NC(=O)c2ccc([N+](=O)[O-])cc2[N+](=O)[O-])C=C(C(C)C)C1=O. The molecule has 0 N–H and O–H groups in total. The average molecular weight is 385 g/mol. The average Bonchev–Trinajstić information content (AvgIpc) is 2.61. The molecule has 9 heteroatoms. The smallest absolute Gasteiger partial charge is 0.289 e. The largest absolute Gasteiger partial charge is 0.289 e. The van der Waals surface area contributed by atoms with Crippen LogP contribution in [-0.4, -0.2) is 27.2 Å². The lowest BCUT2D eigenvalue weighted by atomic mass is 9.84. The summed E-state index contributed by atoms with van der Waals surface area (Å²) in [5.41, 5.74) is -0.352. The number of allylic oxidation sites excluding steroid dienone is 4. The van der Waals surface area contributed by atoms with Crippen LogP contribution in [0.3, 0.4) is 0 Å². The molecule has 0 bridgehead atoms. The van der Waals surface area contributed by atoms with E-state index < -0.39 is 27.1 Å². The summed E-state index contributed by atoms with van der Waals surface area (Å²) in [6, 6.07) is 2.74. The van der Waals surface area contributed by atoms with Crippen LogP contribution in [0.4, 0.5) is 11.4 Å². The van der Waals surface area contributed by atoms with Gasteiger partial charge in [0.1, 0.15) is 5.56 Å². The predicted octanol–water partition coefficient (Wildman–Crippen LogP) is 3.83. The van der Waals surface area contributed by atoms with Gasteiger partial charge in [0.2, 0.25) is 0 Å². The summed E-state index contributed by atoms with van der Waals surface area (Å²) >= 11 is 0. The van der Waals surface area contributed by atoms with Gasteiger partial charge in [0.15, 0.2) is 5.78 Å². The highest BCUT2D eigenvalue weighted by atomic mass is 16.6. The van der Waals surface area contributed by atoms with E-state index in [9.17, 15) is 29.8 Å². The Bertz CT molecular complexity index is 940. The van der Waals surface area contributed by atoms with Gasteiger partial charge >= 0.3 is 0 Å². The molecule has 1 aromatic carbocycles. The van der Waals surface area contributed by atoms with Crippen LogP contribution in [0.15, 0.2) is 46.5 Å². The molecule has 0 heterocycles. The van der Waals surface area contributed by atoms with E-state index in [4.69, 9.17) is 0 Å². The summed E-state index contributed by atoms with van der Waals surface area (Å²) < 4.78 is 0. The molecule has 9 nitrogen and oxygen atoms in total. The van der Waals surface area contributed by atoms with Gasteiger partial charge in [0, 0.05) is 17.2 Å². The molecule has 0 aliphatic heterocycles. The lowest BCUT2D eigenvalue weighted by Crippen LogP contribution is -2.21. The number of rotatable bonds is 5. The number of amides is 1. The van der Waals surface area contributed by atoms with Gasteiger partial charge in [-0.25, -0.2) is 4.99 Å². The Hall–Kier alpha value is -3.49. The highest BCUT2D eigenvalue weighted by Gasteiger charge is 2.27. The molecule has 1 aliphatic rings. The Kier molecular flexibility index (Phi) is 5.97. The summed E-state index contributed by atoms with van der Waals surface area (Å²) in [5, 5.41) is 22.1. The van der Waals surface area contributed by atoms with Crippen LogP contribution in [0, 0.1) is 32.1 Å². The van der Waals surface area contributed by atoms with E-state index >= 15 is 0 Å². The zero-order chi connectivity index (χ0) is 21.2. The number of nitrogens with zero attached hydrogens (tertiary/aromatic N) is 3. The number of carbonyl (C=O) groups is 2. The van der Waals surface area contributed by atoms with Gasteiger partial charge in [0.05, 0.1) is 21.6 Å². The Morgan fingerprint density at radius 3 is 1.93 bits per heavy atom. The van der Waals surface area contributed by atoms with Crippen molar-refractivity contribution in [3.05, 3.63) is 67.3 Å². The lowest BCUT2D eigenvalue weighted by Gasteiger charge is -2.19. The number of Topliss-reactive ketones (excluding diaryl/α,β-unsaturated/α-hetero) is 1. The van der Waals surface area contributed by atoms with Gasteiger partial charge in [-0.05, 0) is 30.1 Å². The first kappa shape index (κ1) is 20.8. The Morgan fingerprint density at radius 2 is 1.50 bits per heavy atom. The number of carbonyl (C=O) groups excluding carboxylic acids is 2. The fraction of sp³-hybridized carbons (Fsp3) is 0.316.